The van der Waals surface area contributed by atoms with Gasteiger partial charge in [0.05, 0.1) is 18.6 Å². The number of amides is 1. The molecule has 8 heteroatoms. The van der Waals surface area contributed by atoms with E-state index in [0.717, 1.165) is 22.2 Å². The quantitative estimate of drug-likeness (QED) is 0.612. The number of hydrogen-bond donors (Lipinski definition) is 1. The monoisotopic (exact) mass is 367 g/mol. The van der Waals surface area contributed by atoms with E-state index in [9.17, 15) is 9.59 Å². The van der Waals surface area contributed by atoms with Crippen molar-refractivity contribution >= 4 is 46.3 Å². The van der Waals surface area contributed by atoms with Gasteiger partial charge in [0.15, 0.2) is 11.5 Å². The van der Waals surface area contributed by atoms with Crippen LogP contribution < -0.4 is 9.47 Å². The van der Waals surface area contributed by atoms with Crippen molar-refractivity contribution in [2.45, 2.75) is 19.9 Å². The van der Waals surface area contributed by atoms with E-state index in [4.69, 9.17) is 26.8 Å². The maximum atomic E-state index is 12.4. The average molecular weight is 367 g/mol. The van der Waals surface area contributed by atoms with E-state index in [1.165, 1.54) is 14.0 Å². The van der Waals surface area contributed by atoms with Gasteiger partial charge >= 0.3 is 5.97 Å². The minimum absolute atomic E-state index is 0.235. The number of benzene rings is 1. The van der Waals surface area contributed by atoms with Gasteiger partial charge in [0.1, 0.15) is 10.4 Å². The van der Waals surface area contributed by atoms with E-state index < -0.39 is 17.9 Å². The third kappa shape index (κ3) is 3.70. The molecule has 128 valence electrons. The maximum Gasteiger partial charge on any atom is 0.326 e. The van der Waals surface area contributed by atoms with Gasteiger partial charge in [-0.15, -0.1) is 0 Å². The normalized spacial score (nSPS) is 17.3. The average Bonchev–Trinajstić information content (AvgIpc) is 2.82. The number of hydrogen-bond acceptors (Lipinski definition) is 6. The summed E-state index contributed by atoms with van der Waals surface area (Å²) >= 11 is 6.21. The lowest BCUT2D eigenvalue weighted by Gasteiger charge is -2.18. The highest BCUT2D eigenvalue weighted by atomic mass is 32.2. The molecule has 1 amide bonds. The van der Waals surface area contributed by atoms with Crippen LogP contribution in [0, 0.1) is 0 Å². The number of carboxylic acid groups (broad SMARTS) is 1. The summed E-state index contributed by atoms with van der Waals surface area (Å²) in [6.07, 6.45) is 1.66. The molecule has 0 radical (unpaired) electrons. The van der Waals surface area contributed by atoms with Crippen LogP contribution in [0.3, 0.4) is 0 Å². The fraction of sp³-hybridized carbons (Fsp3) is 0.312. The molecule has 1 N–H and O–H groups in total. The zero-order valence-corrected chi connectivity index (χ0v) is 15.1. The van der Waals surface area contributed by atoms with Gasteiger partial charge in [0.25, 0.3) is 5.91 Å². The number of thiocarbonyl (C=S) groups is 1. The van der Waals surface area contributed by atoms with Gasteiger partial charge in [0.2, 0.25) is 0 Å². The molecule has 1 atom stereocenters. The molecule has 24 heavy (non-hydrogen) atoms. The van der Waals surface area contributed by atoms with Crippen LogP contribution >= 0.6 is 24.0 Å². The van der Waals surface area contributed by atoms with Crippen molar-refractivity contribution in [1.29, 1.82) is 0 Å². The zero-order chi connectivity index (χ0) is 17.9. The Labute approximate surface area is 149 Å². The second kappa shape index (κ2) is 7.67. The molecule has 1 aliphatic heterocycles. The maximum absolute atomic E-state index is 12.4. The first-order chi connectivity index (χ1) is 11.4. The minimum atomic E-state index is -1.10. The number of aliphatic carboxylic acids is 1. The summed E-state index contributed by atoms with van der Waals surface area (Å²) in [4.78, 5) is 25.0. The number of thioether (sulfide) groups is 1. The summed E-state index contributed by atoms with van der Waals surface area (Å²) in [7, 11) is 1.54. The van der Waals surface area contributed by atoms with E-state index in [-0.39, 0.29) is 4.32 Å². The Morgan fingerprint density at radius 2 is 2.17 bits per heavy atom. The van der Waals surface area contributed by atoms with Gasteiger partial charge in [-0.1, -0.05) is 30.0 Å². The highest BCUT2D eigenvalue weighted by Gasteiger charge is 2.38. The second-order valence-corrected chi connectivity index (χ2v) is 6.58. The largest absolute Gasteiger partial charge is 0.493 e. The predicted molar refractivity (Wildman–Crippen MR) is 96.3 cm³/mol. The molecule has 0 bridgehead atoms. The van der Waals surface area contributed by atoms with Crippen LogP contribution in [0.25, 0.3) is 6.08 Å². The van der Waals surface area contributed by atoms with E-state index in [2.05, 4.69) is 0 Å². The summed E-state index contributed by atoms with van der Waals surface area (Å²) in [5.74, 6) is -0.341. The highest BCUT2D eigenvalue weighted by Crippen LogP contribution is 2.35. The molecule has 0 aliphatic carbocycles. The molecule has 1 fully saturated rings. The predicted octanol–water partition coefficient (Wildman–Crippen LogP) is 2.77. The zero-order valence-electron chi connectivity index (χ0n) is 13.4. The fourth-order valence-electron chi connectivity index (χ4n) is 2.12. The lowest BCUT2D eigenvalue weighted by atomic mass is 10.1. The number of carbonyl (C=O) groups is 2. The molecule has 2 rings (SSSR count). The second-order valence-electron chi connectivity index (χ2n) is 4.91. The molecule has 0 aromatic heterocycles. The van der Waals surface area contributed by atoms with Crippen molar-refractivity contribution in [3.05, 3.63) is 28.7 Å². The Kier molecular flexibility index (Phi) is 5.84. The van der Waals surface area contributed by atoms with Crippen LogP contribution in [0.5, 0.6) is 11.5 Å². The summed E-state index contributed by atoms with van der Waals surface area (Å²) < 4.78 is 11.0. The van der Waals surface area contributed by atoms with Gasteiger partial charge < -0.3 is 14.6 Å². The topological polar surface area (TPSA) is 76.1 Å². The van der Waals surface area contributed by atoms with Gasteiger partial charge in [-0.3, -0.25) is 9.69 Å². The molecular weight excluding hydrogens is 350 g/mol. The van der Waals surface area contributed by atoms with Gasteiger partial charge in [0, 0.05) is 0 Å². The standard InChI is InChI=1S/C16H17NO5S2/c1-4-22-11-6-5-10(7-12(11)21-3)8-13-14(18)17(16(23)24-13)9(2)15(19)20/h5-9H,4H2,1-3H3,(H,19,20)/b13-8+/t9-/m0/s1. The number of rotatable bonds is 6. The summed E-state index contributed by atoms with van der Waals surface area (Å²) in [5.41, 5.74) is 0.735. The van der Waals surface area contributed by atoms with E-state index >= 15 is 0 Å². The minimum Gasteiger partial charge on any atom is -0.493 e. The third-order valence-corrected chi connectivity index (χ3v) is 4.68. The van der Waals surface area contributed by atoms with Gasteiger partial charge in [-0.2, -0.15) is 0 Å². The molecule has 1 saturated heterocycles. The highest BCUT2D eigenvalue weighted by molar-refractivity contribution is 8.26. The van der Waals surface area contributed by atoms with Crippen LogP contribution in [0.1, 0.15) is 19.4 Å². The first-order valence-electron chi connectivity index (χ1n) is 7.19. The number of methoxy groups -OCH3 is 1. The van der Waals surface area contributed by atoms with Crippen LogP contribution in [-0.2, 0) is 9.59 Å². The number of carbonyl (C=O) groups excluding carboxylic acids is 1. The fourth-order valence-corrected chi connectivity index (χ4v) is 3.54. The third-order valence-electron chi connectivity index (χ3n) is 3.35. The Hall–Kier alpha value is -2.06. The van der Waals surface area contributed by atoms with Crippen molar-refractivity contribution in [2.75, 3.05) is 13.7 Å². The Balaban J connectivity index is 2.30. The number of ether oxygens (including phenoxy) is 2. The Bertz CT molecular complexity index is 716. The van der Waals surface area contributed by atoms with Crippen LogP contribution in [0.2, 0.25) is 0 Å². The van der Waals surface area contributed by atoms with Crippen molar-refractivity contribution in [3.63, 3.8) is 0 Å². The summed E-state index contributed by atoms with van der Waals surface area (Å²) in [6, 6.07) is 4.30. The van der Waals surface area contributed by atoms with E-state index in [1.54, 1.807) is 24.3 Å². The first kappa shape index (κ1) is 18.3. The number of carboxylic acids is 1. The first-order valence-corrected chi connectivity index (χ1v) is 8.42. The van der Waals surface area contributed by atoms with Gasteiger partial charge in [-0.25, -0.2) is 4.79 Å². The smallest absolute Gasteiger partial charge is 0.326 e. The lowest BCUT2D eigenvalue weighted by molar-refractivity contribution is -0.144. The van der Waals surface area contributed by atoms with Crippen molar-refractivity contribution < 1.29 is 24.2 Å². The van der Waals surface area contributed by atoms with Crippen LogP contribution in [-0.4, -0.2) is 46.0 Å². The van der Waals surface area contributed by atoms with Crippen LogP contribution in [0.15, 0.2) is 23.1 Å². The van der Waals surface area contributed by atoms with E-state index in [1.807, 2.05) is 6.92 Å². The van der Waals surface area contributed by atoms with Crippen molar-refractivity contribution in [1.82, 2.24) is 4.90 Å². The SMILES string of the molecule is CCOc1ccc(/C=C2/SC(=S)N([C@@H](C)C(=O)O)C2=O)cc1OC. The molecule has 1 aromatic carbocycles. The van der Waals surface area contributed by atoms with Gasteiger partial charge in [-0.05, 0) is 37.6 Å². The molecule has 6 nitrogen and oxygen atoms in total. The van der Waals surface area contributed by atoms with E-state index in [0.29, 0.717) is 23.0 Å². The molecular formula is C16H17NO5S2. The molecule has 1 aliphatic rings. The van der Waals surface area contributed by atoms with Crippen molar-refractivity contribution in [2.24, 2.45) is 0 Å². The molecule has 1 heterocycles. The number of nitrogens with zero attached hydrogens (tertiary/aromatic N) is 1. The lowest BCUT2D eigenvalue weighted by Crippen LogP contribution is -2.41. The van der Waals surface area contributed by atoms with Crippen LogP contribution in [0.4, 0.5) is 0 Å². The molecule has 0 spiro atoms. The Morgan fingerprint density at radius 3 is 2.75 bits per heavy atom. The molecule has 0 saturated carbocycles. The molecule has 1 aromatic rings. The summed E-state index contributed by atoms with van der Waals surface area (Å²) in [6.45, 7) is 3.82. The van der Waals surface area contributed by atoms with Crippen molar-refractivity contribution in [3.8, 4) is 11.5 Å². The Morgan fingerprint density at radius 1 is 1.46 bits per heavy atom. The molecule has 0 unspecified atom stereocenters. The summed E-state index contributed by atoms with van der Waals surface area (Å²) in [5, 5.41) is 9.09.